The van der Waals surface area contributed by atoms with E-state index in [1.54, 1.807) is 24.3 Å². The molecule has 11 heteroatoms. The zero-order chi connectivity index (χ0) is 23.3. The van der Waals surface area contributed by atoms with E-state index in [0.717, 1.165) is 18.3 Å². The van der Waals surface area contributed by atoms with Crippen molar-refractivity contribution in [3.63, 3.8) is 0 Å². The van der Waals surface area contributed by atoms with Gasteiger partial charge in [0.2, 0.25) is 0 Å². The summed E-state index contributed by atoms with van der Waals surface area (Å²) in [5.41, 5.74) is 1.77. The van der Waals surface area contributed by atoms with Crippen LogP contribution in [0.25, 0.3) is 0 Å². The first-order valence-corrected chi connectivity index (χ1v) is 9.51. The lowest BCUT2D eigenvalue weighted by molar-refractivity contribution is -0.385. The molecular formula is C21H17ClN4O6. The minimum atomic E-state index is -0.795. The molecule has 0 unspecified atom stereocenters. The Hall–Kier alpha value is -4.18. The lowest BCUT2D eigenvalue weighted by Gasteiger charge is -2.09. The average Bonchev–Trinajstić information content (AvgIpc) is 2.77. The number of pyridine rings is 1. The fourth-order valence-electron chi connectivity index (χ4n) is 2.84. The number of hydrazone groups is 1. The highest BCUT2D eigenvalue weighted by Gasteiger charge is 2.16. The average molecular weight is 457 g/mol. The smallest absolute Gasteiger partial charge is 0.276 e. The first-order chi connectivity index (χ1) is 15.3. The van der Waals surface area contributed by atoms with E-state index in [1.807, 2.05) is 0 Å². The first-order valence-electron chi connectivity index (χ1n) is 9.13. The molecule has 0 saturated carbocycles. The maximum absolute atomic E-state index is 12.7. The molecule has 2 N–H and O–H groups in total. The molecule has 0 aliphatic rings. The van der Waals surface area contributed by atoms with Crippen molar-refractivity contribution in [1.82, 2.24) is 9.99 Å². The zero-order valence-electron chi connectivity index (χ0n) is 16.7. The maximum atomic E-state index is 12.7. The number of ether oxygens (including phenoxy) is 1. The molecule has 0 aliphatic heterocycles. The Morgan fingerprint density at radius 2 is 2.06 bits per heavy atom. The molecule has 0 saturated heterocycles. The quantitative estimate of drug-likeness (QED) is 0.318. The van der Waals surface area contributed by atoms with E-state index < -0.39 is 22.1 Å². The van der Waals surface area contributed by atoms with E-state index in [4.69, 9.17) is 16.3 Å². The largest absolute Gasteiger partial charge is 0.504 e. The Bertz CT molecular complexity index is 1270. The van der Waals surface area contributed by atoms with Crippen LogP contribution in [0.2, 0.25) is 5.02 Å². The zero-order valence-corrected chi connectivity index (χ0v) is 17.4. The van der Waals surface area contributed by atoms with Crippen LogP contribution in [0.4, 0.5) is 5.69 Å². The van der Waals surface area contributed by atoms with Gasteiger partial charge in [0.25, 0.3) is 17.2 Å². The number of nitro benzene ring substituents is 1. The maximum Gasteiger partial charge on any atom is 0.276 e. The molecule has 0 radical (unpaired) electrons. The number of phenolic OH excluding ortho intramolecular Hbond substituents is 1. The topological polar surface area (TPSA) is 136 Å². The predicted molar refractivity (Wildman–Crippen MR) is 118 cm³/mol. The molecule has 0 spiro atoms. The summed E-state index contributed by atoms with van der Waals surface area (Å²) in [6.07, 6.45) is 2.53. The summed E-state index contributed by atoms with van der Waals surface area (Å²) in [4.78, 5) is 35.5. The first kappa shape index (κ1) is 22.5. The molecule has 1 heterocycles. The standard InChI is InChI=1S/C21H17ClN4O6/c1-32-18-10-15(26(30)31)9-14(19(18)27)11-23-24-20(28)16-6-4-8-25(21(16)29)12-13-5-2-3-7-17(13)22/h2-11,27H,12H2,1H3,(H,24,28)/b23-11-. The van der Waals surface area contributed by atoms with Crippen molar-refractivity contribution in [2.45, 2.75) is 6.54 Å². The van der Waals surface area contributed by atoms with Crippen LogP contribution in [0.1, 0.15) is 21.5 Å². The molecule has 32 heavy (non-hydrogen) atoms. The number of rotatable bonds is 7. The van der Waals surface area contributed by atoms with Gasteiger partial charge in [-0.25, -0.2) is 5.43 Å². The monoisotopic (exact) mass is 456 g/mol. The summed E-state index contributed by atoms with van der Waals surface area (Å²) in [7, 11) is 1.24. The number of hydrogen-bond acceptors (Lipinski definition) is 7. The third-order valence-electron chi connectivity index (χ3n) is 4.45. The molecule has 0 fully saturated rings. The van der Waals surface area contributed by atoms with Crippen LogP contribution in [0.3, 0.4) is 0 Å². The van der Waals surface area contributed by atoms with Crippen molar-refractivity contribution in [2.24, 2.45) is 5.10 Å². The molecule has 2 aromatic carbocycles. The number of aromatic nitrogens is 1. The van der Waals surface area contributed by atoms with Crippen LogP contribution < -0.4 is 15.7 Å². The molecule has 3 rings (SSSR count). The van der Waals surface area contributed by atoms with E-state index in [1.165, 1.54) is 30.0 Å². The highest BCUT2D eigenvalue weighted by molar-refractivity contribution is 6.31. The third kappa shape index (κ3) is 4.93. The molecule has 0 atom stereocenters. The third-order valence-corrected chi connectivity index (χ3v) is 4.82. The Kier molecular flexibility index (Phi) is 6.86. The summed E-state index contributed by atoms with van der Waals surface area (Å²) in [6, 6.07) is 12.0. The molecule has 10 nitrogen and oxygen atoms in total. The Morgan fingerprint density at radius 3 is 2.75 bits per heavy atom. The van der Waals surface area contributed by atoms with Gasteiger partial charge in [0.15, 0.2) is 11.5 Å². The number of aromatic hydroxyl groups is 1. The summed E-state index contributed by atoms with van der Waals surface area (Å²) >= 11 is 6.14. The van der Waals surface area contributed by atoms with Gasteiger partial charge in [-0.1, -0.05) is 29.8 Å². The van der Waals surface area contributed by atoms with Crippen molar-refractivity contribution >= 4 is 29.4 Å². The number of benzene rings is 2. The number of nitrogens with one attached hydrogen (secondary N) is 1. The van der Waals surface area contributed by atoms with Crippen molar-refractivity contribution in [1.29, 1.82) is 0 Å². The van der Waals surface area contributed by atoms with Crippen molar-refractivity contribution in [3.8, 4) is 11.5 Å². The van der Waals surface area contributed by atoms with Crippen LogP contribution >= 0.6 is 11.6 Å². The second-order valence-corrected chi connectivity index (χ2v) is 6.90. The van der Waals surface area contributed by atoms with Gasteiger partial charge in [-0.2, -0.15) is 5.10 Å². The lowest BCUT2D eigenvalue weighted by Crippen LogP contribution is -2.31. The van der Waals surface area contributed by atoms with E-state index in [2.05, 4.69) is 10.5 Å². The number of carbonyl (C=O) groups is 1. The molecule has 164 valence electrons. The van der Waals surface area contributed by atoms with Crippen LogP contribution in [0.5, 0.6) is 11.5 Å². The molecule has 1 aromatic heterocycles. The van der Waals surface area contributed by atoms with E-state index in [0.29, 0.717) is 10.6 Å². The van der Waals surface area contributed by atoms with Gasteiger partial charge >= 0.3 is 0 Å². The van der Waals surface area contributed by atoms with Gasteiger partial charge in [0.1, 0.15) is 5.56 Å². The molecule has 0 bridgehead atoms. The predicted octanol–water partition coefficient (Wildman–Crippen LogP) is 2.94. The van der Waals surface area contributed by atoms with Crippen LogP contribution in [-0.4, -0.2) is 33.8 Å². The van der Waals surface area contributed by atoms with Crippen LogP contribution in [0, 0.1) is 10.1 Å². The SMILES string of the molecule is COc1cc([N+](=O)[O-])cc(/C=N\NC(=O)c2cccn(Cc3ccccc3Cl)c2=O)c1O. The number of nitrogens with zero attached hydrogens (tertiary/aromatic N) is 3. The Labute approximate surface area is 186 Å². The highest BCUT2D eigenvalue weighted by Crippen LogP contribution is 2.33. The normalized spacial score (nSPS) is 10.8. The highest BCUT2D eigenvalue weighted by atomic mass is 35.5. The Balaban J connectivity index is 1.81. The lowest BCUT2D eigenvalue weighted by atomic mass is 10.2. The van der Waals surface area contributed by atoms with Gasteiger partial charge in [0.05, 0.1) is 30.9 Å². The summed E-state index contributed by atoms with van der Waals surface area (Å²) in [6.45, 7) is 0.171. The number of non-ortho nitro benzene ring substituents is 1. The fraction of sp³-hybridized carbons (Fsp3) is 0.0952. The number of carbonyl (C=O) groups excluding carboxylic acids is 1. The van der Waals surface area contributed by atoms with Gasteiger partial charge in [-0.3, -0.25) is 19.7 Å². The van der Waals surface area contributed by atoms with E-state index in [9.17, 15) is 24.8 Å². The second-order valence-electron chi connectivity index (χ2n) is 6.49. The van der Waals surface area contributed by atoms with Crippen LogP contribution in [0.15, 0.2) is 64.6 Å². The van der Waals surface area contributed by atoms with Crippen molar-refractivity contribution in [3.05, 3.63) is 96.9 Å². The summed E-state index contributed by atoms with van der Waals surface area (Å²) in [5.74, 6) is -1.31. The summed E-state index contributed by atoms with van der Waals surface area (Å²) < 4.78 is 6.23. The minimum absolute atomic E-state index is 0.0551. The molecule has 1 amide bonds. The number of methoxy groups -OCH3 is 1. The van der Waals surface area contributed by atoms with Gasteiger partial charge in [-0.15, -0.1) is 0 Å². The number of phenols is 1. The van der Waals surface area contributed by atoms with Gasteiger partial charge in [-0.05, 0) is 23.8 Å². The van der Waals surface area contributed by atoms with Crippen LogP contribution in [-0.2, 0) is 6.54 Å². The van der Waals surface area contributed by atoms with Gasteiger partial charge in [0, 0.05) is 22.8 Å². The Morgan fingerprint density at radius 1 is 1.31 bits per heavy atom. The molecular weight excluding hydrogens is 440 g/mol. The number of halogens is 1. The summed E-state index contributed by atoms with van der Waals surface area (Å²) in [5, 5.41) is 25.3. The van der Waals surface area contributed by atoms with E-state index >= 15 is 0 Å². The van der Waals surface area contributed by atoms with E-state index in [-0.39, 0.29) is 29.1 Å². The number of nitro groups is 1. The van der Waals surface area contributed by atoms with Crippen molar-refractivity contribution < 1.29 is 19.6 Å². The van der Waals surface area contributed by atoms with Crippen molar-refractivity contribution in [2.75, 3.05) is 7.11 Å². The number of amides is 1. The molecule has 3 aromatic rings. The second kappa shape index (κ2) is 9.75. The molecule has 0 aliphatic carbocycles. The fourth-order valence-corrected chi connectivity index (χ4v) is 3.03. The van der Waals surface area contributed by atoms with Gasteiger partial charge < -0.3 is 14.4 Å². The minimum Gasteiger partial charge on any atom is -0.504 e. The number of hydrogen-bond donors (Lipinski definition) is 2.